The second-order valence-corrected chi connectivity index (χ2v) is 8.54. The Hall–Kier alpha value is -4.43. The molecule has 1 heterocycles. The number of nitro benzene ring substituents is 2. The van der Waals surface area contributed by atoms with E-state index in [1.165, 1.54) is 24.3 Å². The van der Waals surface area contributed by atoms with Crippen LogP contribution in [0.5, 0.6) is 5.75 Å². The van der Waals surface area contributed by atoms with Crippen molar-refractivity contribution in [3.63, 3.8) is 0 Å². The van der Waals surface area contributed by atoms with Gasteiger partial charge in [0.05, 0.1) is 29.1 Å². The van der Waals surface area contributed by atoms with Crippen LogP contribution in [0.2, 0.25) is 0 Å². The van der Waals surface area contributed by atoms with Gasteiger partial charge < -0.3 is 9.29 Å². The summed E-state index contributed by atoms with van der Waals surface area (Å²) in [5, 5.41) is 31.7. The summed E-state index contributed by atoms with van der Waals surface area (Å²) in [5.74, 6) is -1.70. The minimum Gasteiger partial charge on any atom is -0.395 e. The van der Waals surface area contributed by atoms with E-state index in [0.717, 1.165) is 17.0 Å². The lowest BCUT2D eigenvalue weighted by atomic mass is 9.93. The van der Waals surface area contributed by atoms with Gasteiger partial charge in [-0.05, 0) is 24.3 Å². The topological polar surface area (TPSA) is 187 Å². The maximum absolute atomic E-state index is 12.9. The molecule has 14 heteroatoms. The molecule has 0 aliphatic carbocycles. The van der Waals surface area contributed by atoms with Gasteiger partial charge in [0, 0.05) is 28.0 Å². The maximum atomic E-state index is 12.9. The molecule has 0 atom stereocenters. The molecule has 0 spiro atoms. The van der Waals surface area contributed by atoms with Gasteiger partial charge in [0.1, 0.15) is 0 Å². The first kappa shape index (κ1) is 22.8. The molecule has 2 amide bonds. The van der Waals surface area contributed by atoms with Crippen LogP contribution in [0.4, 0.5) is 11.4 Å². The normalized spacial score (nSPS) is 13.3. The van der Waals surface area contributed by atoms with Gasteiger partial charge in [-0.25, -0.2) is 0 Å². The van der Waals surface area contributed by atoms with Crippen molar-refractivity contribution in [1.29, 1.82) is 0 Å². The molecule has 0 fully saturated rings. The quantitative estimate of drug-likeness (QED) is 0.223. The molecule has 174 valence electrons. The number of hydrogen-bond donors (Lipinski definition) is 1. The van der Waals surface area contributed by atoms with Gasteiger partial charge >= 0.3 is 10.1 Å². The summed E-state index contributed by atoms with van der Waals surface area (Å²) < 4.78 is 30.9. The Morgan fingerprint density at radius 2 is 1.62 bits per heavy atom. The number of carbonyl (C=O) groups excluding carboxylic acids is 2. The first-order valence-electron chi connectivity index (χ1n) is 9.47. The average molecular weight is 487 g/mol. The number of nitro groups is 2. The molecule has 0 saturated carbocycles. The van der Waals surface area contributed by atoms with E-state index in [1.807, 2.05) is 0 Å². The van der Waals surface area contributed by atoms with Crippen LogP contribution in [0.25, 0.3) is 10.8 Å². The number of nitrogens with zero attached hydrogens (tertiary/aromatic N) is 3. The summed E-state index contributed by atoms with van der Waals surface area (Å²) >= 11 is 0. The minimum atomic E-state index is -4.86. The van der Waals surface area contributed by atoms with Gasteiger partial charge in [-0.2, -0.15) is 8.42 Å². The second-order valence-electron chi connectivity index (χ2n) is 7.03. The summed E-state index contributed by atoms with van der Waals surface area (Å²) in [6, 6.07) is 8.62. The van der Waals surface area contributed by atoms with Crippen molar-refractivity contribution < 1.29 is 37.1 Å². The molecule has 0 aromatic heterocycles. The molecule has 0 radical (unpaired) electrons. The van der Waals surface area contributed by atoms with Crippen LogP contribution in [-0.4, -0.2) is 53.2 Å². The number of benzene rings is 3. The number of aliphatic hydroxyl groups is 1. The fourth-order valence-corrected chi connectivity index (χ4v) is 4.73. The van der Waals surface area contributed by atoms with Crippen molar-refractivity contribution in [3.8, 4) is 5.75 Å². The first-order valence-corrected chi connectivity index (χ1v) is 10.9. The lowest BCUT2D eigenvalue weighted by Gasteiger charge is -2.27. The Bertz CT molecular complexity index is 1490. The van der Waals surface area contributed by atoms with E-state index in [9.17, 15) is 38.2 Å². The van der Waals surface area contributed by atoms with Crippen LogP contribution in [0, 0.1) is 20.2 Å². The molecular weight excluding hydrogens is 474 g/mol. The number of amides is 2. The van der Waals surface area contributed by atoms with Crippen molar-refractivity contribution in [2.45, 2.75) is 4.90 Å². The second kappa shape index (κ2) is 8.17. The smallest absolute Gasteiger partial charge is 0.346 e. The highest BCUT2D eigenvalue weighted by atomic mass is 32.2. The van der Waals surface area contributed by atoms with Crippen molar-refractivity contribution in [2.24, 2.45) is 0 Å². The van der Waals surface area contributed by atoms with Crippen LogP contribution in [0.1, 0.15) is 20.7 Å². The van der Waals surface area contributed by atoms with E-state index < -0.39 is 54.7 Å². The van der Waals surface area contributed by atoms with Gasteiger partial charge in [0.15, 0.2) is 10.6 Å². The van der Waals surface area contributed by atoms with Crippen LogP contribution in [-0.2, 0) is 10.1 Å². The number of hydrogen-bond acceptors (Lipinski definition) is 10. The highest BCUT2D eigenvalue weighted by Gasteiger charge is 2.35. The van der Waals surface area contributed by atoms with Crippen LogP contribution < -0.4 is 4.18 Å². The molecule has 1 aliphatic rings. The molecule has 0 unspecified atom stereocenters. The van der Waals surface area contributed by atoms with E-state index >= 15 is 0 Å². The van der Waals surface area contributed by atoms with Gasteiger partial charge in [-0.3, -0.25) is 34.7 Å². The molecule has 3 aromatic rings. The van der Waals surface area contributed by atoms with Crippen molar-refractivity contribution in [1.82, 2.24) is 4.90 Å². The lowest BCUT2D eigenvalue weighted by Crippen LogP contribution is -2.41. The third-order valence-corrected chi connectivity index (χ3v) is 6.38. The van der Waals surface area contributed by atoms with Crippen LogP contribution in [0.15, 0.2) is 53.4 Å². The number of rotatable bonds is 7. The third kappa shape index (κ3) is 3.60. The molecular formula is C20H13N3O10S. The standard InChI is InChI=1S/C20H13N3O10S/c24-9-8-21-19(25)13-3-1-2-12-16(6-5-14(18(12)13)20(21)26)33-34(31,32)17-7-4-11(22(27)28)10-15(17)23(29)30/h1-7,10,24H,8-9H2. The first-order chi connectivity index (χ1) is 16.1. The molecule has 1 N–H and O–H groups in total. The number of imide groups is 1. The SMILES string of the molecule is O=C1c2cccc3c(OS(=O)(=O)c4ccc([N+](=O)[O-])cc4[N+](=O)[O-])ccc(c23)C(=O)N1CCO. The highest BCUT2D eigenvalue weighted by Crippen LogP contribution is 2.37. The Morgan fingerprint density at radius 3 is 2.24 bits per heavy atom. The molecule has 34 heavy (non-hydrogen) atoms. The molecule has 0 saturated heterocycles. The van der Waals surface area contributed by atoms with Crippen molar-refractivity contribution in [3.05, 3.63) is 79.9 Å². The number of β-amino-alcohol motifs (C(OH)–C–C–N with tert-alkyl or cyclic N) is 1. The lowest BCUT2D eigenvalue weighted by molar-refractivity contribution is -0.396. The zero-order valence-electron chi connectivity index (χ0n) is 16.9. The minimum absolute atomic E-state index is 0.0738. The van der Waals surface area contributed by atoms with Gasteiger partial charge in [-0.15, -0.1) is 0 Å². The Morgan fingerprint density at radius 1 is 0.941 bits per heavy atom. The number of carbonyl (C=O) groups is 2. The van der Waals surface area contributed by atoms with Crippen molar-refractivity contribution in [2.75, 3.05) is 13.2 Å². The predicted octanol–water partition coefficient (Wildman–Crippen LogP) is 2.01. The fourth-order valence-electron chi connectivity index (χ4n) is 3.63. The average Bonchev–Trinajstić information content (AvgIpc) is 2.80. The Kier molecular flexibility index (Phi) is 5.46. The maximum Gasteiger partial charge on any atom is 0.346 e. The van der Waals surface area contributed by atoms with E-state index in [0.29, 0.717) is 12.1 Å². The van der Waals surface area contributed by atoms with Crippen molar-refractivity contribution >= 4 is 44.1 Å². The predicted molar refractivity (Wildman–Crippen MR) is 114 cm³/mol. The van der Waals surface area contributed by atoms with E-state index in [4.69, 9.17) is 9.29 Å². The molecule has 4 rings (SSSR count). The number of non-ortho nitro benzene ring substituents is 1. The van der Waals surface area contributed by atoms with E-state index in [-0.39, 0.29) is 34.2 Å². The molecule has 0 bridgehead atoms. The van der Waals surface area contributed by atoms with E-state index in [1.54, 1.807) is 0 Å². The Labute approximate surface area is 190 Å². The summed E-state index contributed by atoms with van der Waals surface area (Å²) in [5.41, 5.74) is -1.59. The Balaban J connectivity index is 1.84. The summed E-state index contributed by atoms with van der Waals surface area (Å²) in [6.45, 7) is -0.680. The largest absolute Gasteiger partial charge is 0.395 e. The molecule has 1 aliphatic heterocycles. The molecule has 3 aromatic carbocycles. The fraction of sp³-hybridized carbons (Fsp3) is 0.100. The van der Waals surface area contributed by atoms with Crippen LogP contribution >= 0.6 is 0 Å². The van der Waals surface area contributed by atoms with Gasteiger partial charge in [0.25, 0.3) is 23.2 Å². The van der Waals surface area contributed by atoms with E-state index in [2.05, 4.69) is 0 Å². The monoisotopic (exact) mass is 487 g/mol. The zero-order valence-corrected chi connectivity index (χ0v) is 17.7. The summed E-state index contributed by atoms with van der Waals surface area (Å²) in [4.78, 5) is 45.7. The third-order valence-electron chi connectivity index (χ3n) is 5.09. The van der Waals surface area contributed by atoms with Crippen LogP contribution in [0.3, 0.4) is 0 Å². The van der Waals surface area contributed by atoms with Gasteiger partial charge in [-0.1, -0.05) is 12.1 Å². The summed E-state index contributed by atoms with van der Waals surface area (Å²) in [7, 11) is -4.86. The molecule has 13 nitrogen and oxygen atoms in total. The summed E-state index contributed by atoms with van der Waals surface area (Å²) in [6.07, 6.45) is 0. The van der Waals surface area contributed by atoms with Gasteiger partial charge in [0.2, 0.25) is 0 Å². The highest BCUT2D eigenvalue weighted by molar-refractivity contribution is 7.87. The number of aliphatic hydroxyl groups excluding tert-OH is 1. The zero-order chi connectivity index (χ0) is 24.8.